The van der Waals surface area contributed by atoms with Crippen LogP contribution in [0.5, 0.6) is 0 Å². The molecule has 22 heavy (non-hydrogen) atoms. The van der Waals surface area contributed by atoms with Gasteiger partial charge in [-0.25, -0.2) is 4.68 Å². The normalized spacial score (nSPS) is 10.9. The van der Waals surface area contributed by atoms with E-state index in [2.05, 4.69) is 47.5 Å². The highest BCUT2D eigenvalue weighted by molar-refractivity contribution is 9.11. The van der Waals surface area contributed by atoms with Gasteiger partial charge in [0.2, 0.25) is 0 Å². The van der Waals surface area contributed by atoms with E-state index in [4.69, 9.17) is 0 Å². The fourth-order valence-electron chi connectivity index (χ4n) is 2.13. The summed E-state index contributed by atoms with van der Waals surface area (Å²) in [6.45, 7) is 2.74. The molecule has 0 unspecified atom stereocenters. The Labute approximate surface area is 144 Å². The van der Waals surface area contributed by atoms with E-state index >= 15 is 0 Å². The van der Waals surface area contributed by atoms with Crippen LogP contribution in [-0.2, 0) is 6.54 Å². The SMILES string of the molecule is CCn1nnc2cc(C(=O)Nc3ccc(Br)cc3Br)ccc21. The molecule has 0 fully saturated rings. The minimum absolute atomic E-state index is 0.184. The van der Waals surface area contributed by atoms with Crippen molar-refractivity contribution in [1.82, 2.24) is 15.0 Å². The Morgan fingerprint density at radius 3 is 2.77 bits per heavy atom. The molecule has 0 aliphatic carbocycles. The van der Waals surface area contributed by atoms with Crippen molar-refractivity contribution >= 4 is 54.5 Å². The lowest BCUT2D eigenvalue weighted by Crippen LogP contribution is -2.12. The van der Waals surface area contributed by atoms with Crippen molar-refractivity contribution in [3.8, 4) is 0 Å². The van der Waals surface area contributed by atoms with Gasteiger partial charge in [-0.1, -0.05) is 21.1 Å². The molecule has 0 radical (unpaired) electrons. The number of nitrogens with one attached hydrogen (secondary N) is 1. The smallest absolute Gasteiger partial charge is 0.255 e. The fourth-order valence-corrected chi connectivity index (χ4v) is 3.28. The highest BCUT2D eigenvalue weighted by Gasteiger charge is 2.11. The number of benzene rings is 2. The van der Waals surface area contributed by atoms with Crippen molar-refractivity contribution in [1.29, 1.82) is 0 Å². The number of halogens is 2. The topological polar surface area (TPSA) is 59.8 Å². The van der Waals surface area contributed by atoms with Gasteiger partial charge in [-0.3, -0.25) is 4.79 Å². The van der Waals surface area contributed by atoms with E-state index in [0.717, 1.165) is 21.0 Å². The van der Waals surface area contributed by atoms with E-state index in [9.17, 15) is 4.79 Å². The average molecular weight is 424 g/mol. The van der Waals surface area contributed by atoms with E-state index in [0.29, 0.717) is 16.8 Å². The molecule has 3 aromatic rings. The summed E-state index contributed by atoms with van der Waals surface area (Å²) >= 11 is 6.81. The lowest BCUT2D eigenvalue weighted by atomic mass is 10.2. The molecule has 0 aliphatic heterocycles. The standard InChI is InChI=1S/C15H12Br2N4O/c1-2-21-14-6-3-9(7-13(14)19-20-21)15(22)18-12-5-4-10(16)8-11(12)17/h3-8H,2H2,1H3,(H,18,22). The first-order valence-corrected chi connectivity index (χ1v) is 8.26. The van der Waals surface area contributed by atoms with Gasteiger partial charge in [0.25, 0.3) is 5.91 Å². The second-order valence-corrected chi connectivity index (χ2v) is 6.46. The number of fused-ring (bicyclic) bond motifs is 1. The van der Waals surface area contributed by atoms with Gasteiger partial charge in [0.15, 0.2) is 0 Å². The summed E-state index contributed by atoms with van der Waals surface area (Å²) in [6.07, 6.45) is 0. The molecule has 7 heteroatoms. The Hall–Kier alpha value is -1.73. The number of anilines is 1. The van der Waals surface area contributed by atoms with Gasteiger partial charge in [0.05, 0.1) is 11.2 Å². The number of aryl methyl sites for hydroxylation is 1. The molecule has 3 rings (SSSR count). The van der Waals surface area contributed by atoms with Crippen LogP contribution >= 0.6 is 31.9 Å². The number of hydrogen-bond donors (Lipinski definition) is 1. The van der Waals surface area contributed by atoms with Gasteiger partial charge >= 0.3 is 0 Å². The molecule has 1 amide bonds. The lowest BCUT2D eigenvalue weighted by molar-refractivity contribution is 0.102. The summed E-state index contributed by atoms with van der Waals surface area (Å²) < 4.78 is 3.55. The van der Waals surface area contributed by atoms with Gasteiger partial charge in [-0.2, -0.15) is 0 Å². The molecule has 2 aromatic carbocycles. The summed E-state index contributed by atoms with van der Waals surface area (Å²) in [4.78, 5) is 12.4. The van der Waals surface area contributed by atoms with Crippen LogP contribution in [0.3, 0.4) is 0 Å². The number of amides is 1. The molecule has 0 saturated carbocycles. The van der Waals surface area contributed by atoms with Gasteiger partial charge in [0.1, 0.15) is 5.52 Å². The Balaban J connectivity index is 1.88. The fraction of sp³-hybridized carbons (Fsp3) is 0.133. The molecule has 1 aromatic heterocycles. The zero-order valence-corrected chi connectivity index (χ0v) is 14.8. The van der Waals surface area contributed by atoms with Crippen molar-refractivity contribution in [3.63, 3.8) is 0 Å². The monoisotopic (exact) mass is 422 g/mol. The van der Waals surface area contributed by atoms with E-state index < -0.39 is 0 Å². The molecular weight excluding hydrogens is 412 g/mol. The Morgan fingerprint density at radius 1 is 1.23 bits per heavy atom. The Bertz CT molecular complexity index is 860. The minimum Gasteiger partial charge on any atom is -0.321 e. The van der Waals surface area contributed by atoms with Gasteiger partial charge < -0.3 is 5.32 Å². The third-order valence-corrected chi connectivity index (χ3v) is 4.40. The second-order valence-electron chi connectivity index (χ2n) is 4.69. The van der Waals surface area contributed by atoms with E-state index in [1.54, 1.807) is 16.8 Å². The quantitative estimate of drug-likeness (QED) is 0.685. The number of rotatable bonds is 3. The largest absolute Gasteiger partial charge is 0.321 e. The molecule has 0 spiro atoms. The molecule has 0 saturated heterocycles. The van der Waals surface area contributed by atoms with Crippen LogP contribution in [0.2, 0.25) is 0 Å². The minimum atomic E-state index is -0.184. The third-order valence-electron chi connectivity index (χ3n) is 3.25. The molecule has 5 nitrogen and oxygen atoms in total. The first-order chi connectivity index (χ1) is 10.6. The lowest BCUT2D eigenvalue weighted by Gasteiger charge is -2.08. The summed E-state index contributed by atoms with van der Waals surface area (Å²) in [5.41, 5.74) is 2.89. The summed E-state index contributed by atoms with van der Waals surface area (Å²) in [5, 5.41) is 11.0. The summed E-state index contributed by atoms with van der Waals surface area (Å²) in [7, 11) is 0. The van der Waals surface area contributed by atoms with Crippen molar-refractivity contribution in [2.24, 2.45) is 0 Å². The zero-order valence-electron chi connectivity index (χ0n) is 11.7. The number of aromatic nitrogens is 3. The zero-order chi connectivity index (χ0) is 15.7. The Kier molecular flexibility index (Phi) is 4.26. The highest BCUT2D eigenvalue weighted by atomic mass is 79.9. The van der Waals surface area contributed by atoms with Gasteiger partial charge in [-0.05, 0) is 59.3 Å². The van der Waals surface area contributed by atoms with Crippen LogP contribution in [0.1, 0.15) is 17.3 Å². The maximum absolute atomic E-state index is 12.4. The summed E-state index contributed by atoms with van der Waals surface area (Å²) in [6, 6.07) is 11.0. The number of hydrogen-bond acceptors (Lipinski definition) is 3. The van der Waals surface area contributed by atoms with Crippen LogP contribution in [0.25, 0.3) is 11.0 Å². The van der Waals surface area contributed by atoms with Crippen LogP contribution in [0, 0.1) is 0 Å². The van der Waals surface area contributed by atoms with Gasteiger partial charge in [0, 0.05) is 21.1 Å². The number of carbonyl (C=O) groups excluding carboxylic acids is 1. The summed E-state index contributed by atoms with van der Waals surface area (Å²) in [5.74, 6) is -0.184. The van der Waals surface area contributed by atoms with Gasteiger partial charge in [-0.15, -0.1) is 5.10 Å². The van der Waals surface area contributed by atoms with E-state index in [1.807, 2.05) is 31.2 Å². The number of nitrogens with zero attached hydrogens (tertiary/aromatic N) is 3. The highest BCUT2D eigenvalue weighted by Crippen LogP contribution is 2.26. The molecule has 0 atom stereocenters. The van der Waals surface area contributed by atoms with Crippen LogP contribution in [0.15, 0.2) is 45.3 Å². The maximum atomic E-state index is 12.4. The first kappa shape index (κ1) is 15.2. The predicted octanol–water partition coefficient (Wildman–Crippen LogP) is 4.23. The average Bonchev–Trinajstić information content (AvgIpc) is 2.92. The Morgan fingerprint density at radius 2 is 2.05 bits per heavy atom. The molecule has 0 aliphatic rings. The molecule has 112 valence electrons. The first-order valence-electron chi connectivity index (χ1n) is 6.68. The number of carbonyl (C=O) groups is 1. The second kappa shape index (κ2) is 6.18. The molecule has 0 bridgehead atoms. The van der Waals surface area contributed by atoms with Crippen molar-refractivity contribution in [3.05, 3.63) is 50.9 Å². The third kappa shape index (κ3) is 2.91. The molecule has 1 heterocycles. The molecular formula is C15H12Br2N4O. The van der Waals surface area contributed by atoms with E-state index in [1.165, 1.54) is 0 Å². The van der Waals surface area contributed by atoms with Crippen LogP contribution in [0.4, 0.5) is 5.69 Å². The van der Waals surface area contributed by atoms with Crippen LogP contribution in [-0.4, -0.2) is 20.9 Å². The van der Waals surface area contributed by atoms with Crippen molar-refractivity contribution < 1.29 is 4.79 Å². The van der Waals surface area contributed by atoms with Crippen molar-refractivity contribution in [2.45, 2.75) is 13.5 Å². The van der Waals surface area contributed by atoms with Crippen LogP contribution < -0.4 is 5.32 Å². The molecule has 1 N–H and O–H groups in total. The van der Waals surface area contributed by atoms with Crippen molar-refractivity contribution in [2.75, 3.05) is 5.32 Å². The maximum Gasteiger partial charge on any atom is 0.255 e. The van der Waals surface area contributed by atoms with E-state index in [-0.39, 0.29) is 5.91 Å². The predicted molar refractivity (Wildman–Crippen MR) is 93.0 cm³/mol.